The van der Waals surface area contributed by atoms with Gasteiger partial charge >= 0.3 is 7.47 Å². The summed E-state index contributed by atoms with van der Waals surface area (Å²) in [6.07, 6.45) is 0. The molecule has 0 spiro atoms. The predicted octanol–water partition coefficient (Wildman–Crippen LogP) is 4.58. The van der Waals surface area contributed by atoms with E-state index in [-0.39, 0.29) is 10.8 Å². The van der Waals surface area contributed by atoms with Gasteiger partial charge in [-0.1, -0.05) is 59.7 Å². The summed E-state index contributed by atoms with van der Waals surface area (Å²) < 4.78 is 30.1. The molecule has 0 aliphatic carbocycles. The lowest BCUT2D eigenvalue weighted by Gasteiger charge is -2.29. The van der Waals surface area contributed by atoms with Gasteiger partial charge in [0.2, 0.25) is 0 Å². The molecule has 0 bridgehead atoms. The lowest BCUT2D eigenvalue weighted by Crippen LogP contribution is -2.22. The van der Waals surface area contributed by atoms with Crippen molar-refractivity contribution in [3.63, 3.8) is 0 Å². The first-order valence-corrected chi connectivity index (χ1v) is 6.12. The molecule has 0 radical (unpaired) electrons. The minimum Gasteiger partial charge on any atom is -0.505 e. The van der Waals surface area contributed by atoms with E-state index in [0.717, 1.165) is 11.1 Å². The normalized spacial score (nSPS) is 12.4. The zero-order valence-corrected chi connectivity index (χ0v) is 12.0. The van der Waals surface area contributed by atoms with Crippen molar-refractivity contribution in [2.24, 2.45) is 0 Å². The summed E-state index contributed by atoms with van der Waals surface area (Å²) >= 11 is 0. The van der Waals surface area contributed by atoms with Gasteiger partial charge in [0, 0.05) is 0 Å². The zero-order chi connectivity index (χ0) is 14.1. The first-order valence-electron chi connectivity index (χ1n) is 6.12. The minimum atomic E-state index is -2.80. The Morgan fingerprint density at radius 3 is 1.56 bits per heavy atom. The predicted molar refractivity (Wildman–Crippen MR) is 72.4 cm³/mol. The van der Waals surface area contributed by atoms with E-state index in [9.17, 15) is 8.63 Å². The zero-order valence-electron chi connectivity index (χ0n) is 12.0. The van der Waals surface area contributed by atoms with E-state index in [2.05, 4.69) is 0 Å². The monoisotopic (exact) mass is 254 g/mol. The quantitative estimate of drug-likeness (QED) is 0.701. The fourth-order valence-corrected chi connectivity index (χ4v) is 1.93. The van der Waals surface area contributed by atoms with Gasteiger partial charge in [-0.2, -0.15) is 0 Å². The molecule has 0 N–H and O–H groups in total. The van der Waals surface area contributed by atoms with Crippen LogP contribution < -0.4 is 4.65 Å². The van der Waals surface area contributed by atoms with E-state index in [1.807, 2.05) is 59.7 Å². The van der Waals surface area contributed by atoms with E-state index in [1.54, 1.807) is 0 Å². The molecule has 0 amide bonds. The van der Waals surface area contributed by atoms with Gasteiger partial charge in [0.25, 0.3) is 0 Å². The third-order valence-electron chi connectivity index (χ3n) is 2.84. The van der Waals surface area contributed by atoms with Crippen LogP contribution in [-0.4, -0.2) is 7.47 Å². The molecular weight excluding hydrogens is 233 g/mol. The van der Waals surface area contributed by atoms with Gasteiger partial charge in [0.1, 0.15) is 5.75 Å². The second-order valence-electron chi connectivity index (χ2n) is 6.56. The van der Waals surface area contributed by atoms with Gasteiger partial charge in [0.15, 0.2) is 0 Å². The molecule has 0 aromatic heterocycles. The number of benzene rings is 1. The number of hydrogen-bond donors (Lipinski definition) is 0. The highest BCUT2D eigenvalue weighted by Gasteiger charge is 2.30. The topological polar surface area (TPSA) is 9.23 Å². The van der Waals surface area contributed by atoms with Crippen LogP contribution in [0.3, 0.4) is 0 Å². The second kappa shape index (κ2) is 4.91. The maximum atomic E-state index is 12.6. The molecule has 0 atom stereocenters. The van der Waals surface area contributed by atoms with Crippen LogP contribution in [0.2, 0.25) is 0 Å². The summed E-state index contributed by atoms with van der Waals surface area (Å²) in [5.41, 5.74) is 1.17. The first kappa shape index (κ1) is 15.0. The average molecular weight is 254 g/mol. The molecule has 0 saturated carbocycles. The summed E-state index contributed by atoms with van der Waals surface area (Å²) in [7, 11) is -2.80. The largest absolute Gasteiger partial charge is 0.796 e. The summed E-state index contributed by atoms with van der Waals surface area (Å²) in [6.45, 7) is 12.0. The van der Waals surface area contributed by atoms with Crippen molar-refractivity contribution in [2.75, 3.05) is 0 Å². The van der Waals surface area contributed by atoms with E-state index in [4.69, 9.17) is 4.65 Å². The van der Waals surface area contributed by atoms with Crippen LogP contribution in [0.15, 0.2) is 18.2 Å². The first-order chi connectivity index (χ1) is 8.03. The van der Waals surface area contributed by atoms with E-state index in [0.29, 0.717) is 5.75 Å². The van der Waals surface area contributed by atoms with Crippen LogP contribution in [0.5, 0.6) is 5.75 Å². The van der Waals surface area contributed by atoms with E-state index in [1.165, 1.54) is 0 Å². The Balaban J connectivity index is 3.45. The second-order valence-corrected chi connectivity index (χ2v) is 6.56. The lowest BCUT2D eigenvalue weighted by atomic mass is 9.79. The van der Waals surface area contributed by atoms with Gasteiger partial charge < -0.3 is 4.65 Å². The highest BCUT2D eigenvalue weighted by atomic mass is 19.2. The fourth-order valence-electron chi connectivity index (χ4n) is 1.93. The molecule has 1 rings (SSSR count). The molecule has 0 saturated heterocycles. The highest BCUT2D eigenvalue weighted by molar-refractivity contribution is 6.35. The van der Waals surface area contributed by atoms with Crippen molar-refractivity contribution in [1.82, 2.24) is 0 Å². The molecule has 4 heteroatoms. The molecule has 100 valence electrons. The SMILES string of the molecule is CC(C)(C)c1cccc(C(C)(C)C)c1OB(F)F. The molecule has 18 heavy (non-hydrogen) atoms. The third-order valence-corrected chi connectivity index (χ3v) is 2.84. The van der Waals surface area contributed by atoms with Crippen LogP contribution in [0.4, 0.5) is 8.63 Å². The lowest BCUT2D eigenvalue weighted by molar-refractivity contribution is 0.401. The average Bonchev–Trinajstić information content (AvgIpc) is 2.13. The Labute approximate surface area is 109 Å². The summed E-state index contributed by atoms with van der Waals surface area (Å²) in [4.78, 5) is 0. The van der Waals surface area contributed by atoms with Gasteiger partial charge in [-0.25, -0.2) is 8.63 Å². The van der Waals surface area contributed by atoms with Crippen molar-refractivity contribution < 1.29 is 13.3 Å². The third kappa shape index (κ3) is 3.47. The van der Waals surface area contributed by atoms with E-state index < -0.39 is 7.47 Å². The van der Waals surface area contributed by atoms with Gasteiger partial charge in [-0.05, 0) is 22.0 Å². The number of rotatable bonds is 2. The molecule has 1 aromatic carbocycles. The molecule has 0 aliphatic heterocycles. The Bertz CT molecular complexity index is 385. The molecule has 0 fully saturated rings. The Hall–Kier alpha value is -1.06. The molecule has 0 unspecified atom stereocenters. The number of hydrogen-bond acceptors (Lipinski definition) is 1. The molecule has 0 aliphatic rings. The fraction of sp³-hybridized carbons (Fsp3) is 0.571. The molecular formula is C14H21BF2O. The van der Waals surface area contributed by atoms with Crippen LogP contribution in [0, 0.1) is 0 Å². The van der Waals surface area contributed by atoms with Crippen LogP contribution >= 0.6 is 0 Å². The molecule has 0 heterocycles. The maximum absolute atomic E-state index is 12.6. The summed E-state index contributed by atoms with van der Waals surface area (Å²) in [5, 5.41) is 0. The van der Waals surface area contributed by atoms with Gasteiger partial charge in [-0.15, -0.1) is 0 Å². The Morgan fingerprint density at radius 1 is 0.889 bits per heavy atom. The standard InChI is InChI=1S/C14H21BF2O/c1-13(2,3)10-8-7-9-11(14(4,5)6)12(10)18-15(16)17/h7-9H,1-6H3. The summed E-state index contributed by atoms with van der Waals surface area (Å²) in [5.74, 6) is 0.326. The molecule has 1 nitrogen and oxygen atoms in total. The van der Waals surface area contributed by atoms with Crippen molar-refractivity contribution in [3.05, 3.63) is 29.3 Å². The maximum Gasteiger partial charge on any atom is 0.796 e. The minimum absolute atomic E-state index is 0.231. The highest BCUT2D eigenvalue weighted by Crippen LogP contribution is 2.39. The Morgan fingerprint density at radius 2 is 1.28 bits per heavy atom. The van der Waals surface area contributed by atoms with Crippen molar-refractivity contribution in [2.45, 2.75) is 52.4 Å². The number of para-hydroxylation sites is 1. The number of halogens is 2. The van der Waals surface area contributed by atoms with Crippen LogP contribution in [0.25, 0.3) is 0 Å². The van der Waals surface area contributed by atoms with E-state index >= 15 is 0 Å². The van der Waals surface area contributed by atoms with Gasteiger partial charge in [-0.3, -0.25) is 0 Å². The van der Waals surface area contributed by atoms with Crippen molar-refractivity contribution in [3.8, 4) is 5.75 Å². The smallest absolute Gasteiger partial charge is 0.505 e. The summed E-state index contributed by atoms with van der Waals surface area (Å²) in [6, 6.07) is 5.61. The van der Waals surface area contributed by atoms with Crippen LogP contribution in [-0.2, 0) is 10.8 Å². The van der Waals surface area contributed by atoms with Crippen molar-refractivity contribution in [1.29, 1.82) is 0 Å². The van der Waals surface area contributed by atoms with Gasteiger partial charge in [0.05, 0.1) is 0 Å². The molecule has 1 aromatic rings. The van der Waals surface area contributed by atoms with Crippen LogP contribution in [0.1, 0.15) is 52.7 Å². The Kier molecular flexibility index (Phi) is 4.09. The van der Waals surface area contributed by atoms with Crippen molar-refractivity contribution >= 4 is 7.47 Å².